The second-order valence-corrected chi connectivity index (χ2v) is 5.88. The maximum Gasteiger partial charge on any atom is 0.308 e. The summed E-state index contributed by atoms with van der Waals surface area (Å²) in [5, 5.41) is 9.37. The minimum absolute atomic E-state index is 0.121. The number of carbonyl (C=O) groups is 1. The van der Waals surface area contributed by atoms with E-state index in [1.54, 1.807) is 0 Å². The fourth-order valence-corrected chi connectivity index (χ4v) is 3.47. The van der Waals surface area contributed by atoms with Crippen LogP contribution in [-0.2, 0) is 4.79 Å². The maximum atomic E-state index is 11.4. The Balaban J connectivity index is 2.04. The van der Waals surface area contributed by atoms with Gasteiger partial charge in [-0.3, -0.25) is 9.69 Å². The van der Waals surface area contributed by atoms with Crippen LogP contribution in [0.3, 0.4) is 0 Å². The van der Waals surface area contributed by atoms with Crippen LogP contribution in [0.25, 0.3) is 0 Å². The van der Waals surface area contributed by atoms with E-state index in [0.717, 1.165) is 32.4 Å². The van der Waals surface area contributed by atoms with Gasteiger partial charge in [0.25, 0.3) is 0 Å². The van der Waals surface area contributed by atoms with Crippen LogP contribution < -0.4 is 0 Å². The van der Waals surface area contributed by atoms with Gasteiger partial charge in [-0.15, -0.1) is 0 Å². The summed E-state index contributed by atoms with van der Waals surface area (Å²) in [6.45, 7) is 4.49. The van der Waals surface area contributed by atoms with Gasteiger partial charge in [0.15, 0.2) is 0 Å². The van der Waals surface area contributed by atoms with E-state index in [0.29, 0.717) is 12.0 Å². The maximum absolute atomic E-state index is 11.4. The first-order valence-electron chi connectivity index (χ1n) is 7.15. The molecule has 0 aromatic carbocycles. The van der Waals surface area contributed by atoms with Crippen molar-refractivity contribution in [2.75, 3.05) is 13.1 Å². The van der Waals surface area contributed by atoms with Crippen molar-refractivity contribution in [3.05, 3.63) is 0 Å². The molecule has 0 spiro atoms. The topological polar surface area (TPSA) is 40.5 Å². The van der Waals surface area contributed by atoms with Crippen LogP contribution in [-0.4, -0.2) is 35.1 Å². The van der Waals surface area contributed by atoms with Crippen LogP contribution in [0.1, 0.15) is 51.9 Å². The van der Waals surface area contributed by atoms with E-state index in [4.69, 9.17) is 0 Å². The lowest BCUT2D eigenvalue weighted by Crippen LogP contribution is -2.47. The molecule has 0 radical (unpaired) electrons. The quantitative estimate of drug-likeness (QED) is 0.805. The third kappa shape index (κ3) is 3.21. The van der Waals surface area contributed by atoms with Crippen molar-refractivity contribution in [3.63, 3.8) is 0 Å². The summed E-state index contributed by atoms with van der Waals surface area (Å²) in [5.41, 5.74) is 0. The van der Waals surface area contributed by atoms with E-state index in [1.165, 1.54) is 25.7 Å². The fourth-order valence-electron chi connectivity index (χ4n) is 3.47. The SMILES string of the molecule is CC1CCC(C(=O)O)C(N2CCCCCC2)C1. The lowest BCUT2D eigenvalue weighted by Gasteiger charge is -2.40. The van der Waals surface area contributed by atoms with Crippen molar-refractivity contribution in [2.24, 2.45) is 11.8 Å². The molecule has 3 heteroatoms. The zero-order valence-corrected chi connectivity index (χ0v) is 10.9. The third-order valence-corrected chi connectivity index (χ3v) is 4.51. The second kappa shape index (κ2) is 5.85. The second-order valence-electron chi connectivity index (χ2n) is 5.88. The molecule has 17 heavy (non-hydrogen) atoms. The molecule has 1 heterocycles. The Morgan fingerprint density at radius 1 is 1.12 bits per heavy atom. The Kier molecular flexibility index (Phi) is 4.43. The van der Waals surface area contributed by atoms with Crippen LogP contribution >= 0.6 is 0 Å². The predicted molar refractivity (Wildman–Crippen MR) is 68.0 cm³/mol. The molecular weight excluding hydrogens is 214 g/mol. The normalized spacial score (nSPS) is 36.4. The third-order valence-electron chi connectivity index (χ3n) is 4.51. The smallest absolute Gasteiger partial charge is 0.308 e. The molecule has 0 aromatic rings. The Hall–Kier alpha value is -0.570. The summed E-state index contributed by atoms with van der Waals surface area (Å²) in [6, 6.07) is 0.300. The molecule has 1 N–H and O–H groups in total. The van der Waals surface area contributed by atoms with Crippen LogP contribution in [0.15, 0.2) is 0 Å². The van der Waals surface area contributed by atoms with Gasteiger partial charge in [-0.1, -0.05) is 19.8 Å². The number of carboxylic acids is 1. The minimum Gasteiger partial charge on any atom is -0.481 e. The highest BCUT2D eigenvalue weighted by molar-refractivity contribution is 5.71. The summed E-state index contributed by atoms with van der Waals surface area (Å²) in [5.74, 6) is -0.00528. The molecule has 3 atom stereocenters. The molecule has 1 saturated carbocycles. The van der Waals surface area contributed by atoms with E-state index >= 15 is 0 Å². The Morgan fingerprint density at radius 3 is 2.35 bits per heavy atom. The van der Waals surface area contributed by atoms with Gasteiger partial charge in [0.2, 0.25) is 0 Å². The molecule has 3 unspecified atom stereocenters. The van der Waals surface area contributed by atoms with Gasteiger partial charge in [0.1, 0.15) is 0 Å². The predicted octanol–water partition coefficient (Wildman–Crippen LogP) is 2.75. The highest BCUT2D eigenvalue weighted by Crippen LogP contribution is 2.33. The minimum atomic E-state index is -0.578. The summed E-state index contributed by atoms with van der Waals surface area (Å²) >= 11 is 0. The van der Waals surface area contributed by atoms with E-state index in [2.05, 4.69) is 11.8 Å². The van der Waals surface area contributed by atoms with Crippen LogP contribution in [0.2, 0.25) is 0 Å². The Bertz CT molecular complexity index is 259. The van der Waals surface area contributed by atoms with Crippen LogP contribution in [0, 0.1) is 11.8 Å². The average molecular weight is 239 g/mol. The number of hydrogen-bond donors (Lipinski definition) is 1. The zero-order chi connectivity index (χ0) is 12.3. The highest BCUT2D eigenvalue weighted by Gasteiger charge is 2.37. The molecular formula is C14H25NO2. The first kappa shape index (κ1) is 12.9. The van der Waals surface area contributed by atoms with Crippen LogP contribution in [0.4, 0.5) is 0 Å². The number of hydrogen-bond acceptors (Lipinski definition) is 2. The number of nitrogens with zero attached hydrogens (tertiary/aromatic N) is 1. The molecule has 0 amide bonds. The summed E-state index contributed by atoms with van der Waals surface area (Å²) in [7, 11) is 0. The molecule has 1 aliphatic heterocycles. The molecule has 98 valence electrons. The lowest BCUT2D eigenvalue weighted by molar-refractivity contribution is -0.146. The van der Waals surface area contributed by atoms with Crippen molar-refractivity contribution in [1.82, 2.24) is 4.90 Å². The van der Waals surface area contributed by atoms with Gasteiger partial charge in [0.05, 0.1) is 5.92 Å². The van der Waals surface area contributed by atoms with Gasteiger partial charge < -0.3 is 5.11 Å². The van der Waals surface area contributed by atoms with Crippen molar-refractivity contribution in [2.45, 2.75) is 57.9 Å². The molecule has 2 rings (SSSR count). The standard InChI is InChI=1S/C14H25NO2/c1-11-6-7-12(14(16)17)13(10-11)15-8-4-2-3-5-9-15/h11-13H,2-10H2,1H3,(H,16,17). The van der Waals surface area contributed by atoms with E-state index < -0.39 is 5.97 Å². The summed E-state index contributed by atoms with van der Waals surface area (Å²) < 4.78 is 0. The van der Waals surface area contributed by atoms with Gasteiger partial charge in [0, 0.05) is 6.04 Å². The molecule has 1 saturated heterocycles. The van der Waals surface area contributed by atoms with E-state index in [1.807, 2.05) is 0 Å². The molecule has 1 aliphatic carbocycles. The zero-order valence-electron chi connectivity index (χ0n) is 10.9. The first-order valence-corrected chi connectivity index (χ1v) is 7.15. The monoisotopic (exact) mass is 239 g/mol. The van der Waals surface area contributed by atoms with Gasteiger partial charge >= 0.3 is 5.97 Å². The van der Waals surface area contributed by atoms with Crippen molar-refractivity contribution in [1.29, 1.82) is 0 Å². The van der Waals surface area contributed by atoms with E-state index in [-0.39, 0.29) is 5.92 Å². The fraction of sp³-hybridized carbons (Fsp3) is 0.929. The van der Waals surface area contributed by atoms with Crippen molar-refractivity contribution < 1.29 is 9.90 Å². The van der Waals surface area contributed by atoms with E-state index in [9.17, 15) is 9.90 Å². The number of rotatable bonds is 2. The van der Waals surface area contributed by atoms with Crippen molar-refractivity contribution in [3.8, 4) is 0 Å². The summed E-state index contributed by atoms with van der Waals surface area (Å²) in [6.07, 6.45) is 8.16. The van der Waals surface area contributed by atoms with Gasteiger partial charge in [-0.05, 0) is 51.1 Å². The lowest BCUT2D eigenvalue weighted by atomic mass is 9.78. The Morgan fingerprint density at radius 2 is 1.76 bits per heavy atom. The first-order chi connectivity index (χ1) is 8.18. The van der Waals surface area contributed by atoms with Crippen LogP contribution in [0.5, 0.6) is 0 Å². The molecule has 0 aromatic heterocycles. The van der Waals surface area contributed by atoms with Gasteiger partial charge in [-0.2, -0.15) is 0 Å². The largest absolute Gasteiger partial charge is 0.481 e. The highest BCUT2D eigenvalue weighted by atomic mass is 16.4. The molecule has 0 bridgehead atoms. The Labute approximate surface area is 104 Å². The number of aliphatic carboxylic acids is 1. The van der Waals surface area contributed by atoms with Gasteiger partial charge in [-0.25, -0.2) is 0 Å². The molecule has 2 aliphatic rings. The number of likely N-dealkylation sites (tertiary alicyclic amines) is 1. The average Bonchev–Trinajstić information content (AvgIpc) is 2.56. The molecule has 2 fully saturated rings. The molecule has 3 nitrogen and oxygen atoms in total. The van der Waals surface area contributed by atoms with Crippen molar-refractivity contribution >= 4 is 5.97 Å². The number of carboxylic acid groups (broad SMARTS) is 1. The summed E-state index contributed by atoms with van der Waals surface area (Å²) in [4.78, 5) is 13.8.